The lowest BCUT2D eigenvalue weighted by Gasteiger charge is -2.27. The molecule has 5 nitrogen and oxygen atoms in total. The third-order valence-corrected chi connectivity index (χ3v) is 5.17. The summed E-state index contributed by atoms with van der Waals surface area (Å²) in [6.07, 6.45) is 1.09. The van der Waals surface area contributed by atoms with Crippen molar-refractivity contribution in [3.63, 3.8) is 0 Å². The van der Waals surface area contributed by atoms with Crippen LogP contribution in [0.4, 0.5) is 0 Å². The van der Waals surface area contributed by atoms with E-state index in [2.05, 4.69) is 5.32 Å². The number of nitrogens with zero attached hydrogens (tertiary/aromatic N) is 1. The highest BCUT2D eigenvalue weighted by Crippen LogP contribution is 2.23. The molecule has 2 rings (SSSR count). The summed E-state index contributed by atoms with van der Waals surface area (Å²) in [5.74, 6) is -0.356. The lowest BCUT2D eigenvalue weighted by molar-refractivity contribution is -0.125. The van der Waals surface area contributed by atoms with Gasteiger partial charge in [0.25, 0.3) is 0 Å². The van der Waals surface area contributed by atoms with Crippen LogP contribution in [0.3, 0.4) is 0 Å². The molecule has 0 aliphatic heterocycles. The van der Waals surface area contributed by atoms with Gasteiger partial charge in [-0.15, -0.1) is 0 Å². The topological polar surface area (TPSA) is 66.5 Å². The van der Waals surface area contributed by atoms with E-state index in [1.807, 2.05) is 43.3 Å². The molecular formula is C18H22N2O3S. The monoisotopic (exact) mass is 346 g/mol. The van der Waals surface area contributed by atoms with Gasteiger partial charge < -0.3 is 5.32 Å². The van der Waals surface area contributed by atoms with Crippen LogP contribution >= 0.6 is 0 Å². The number of benzene rings is 2. The van der Waals surface area contributed by atoms with Crippen molar-refractivity contribution in [2.24, 2.45) is 0 Å². The molecule has 0 aliphatic carbocycles. The lowest BCUT2D eigenvalue weighted by Crippen LogP contribution is -2.42. The van der Waals surface area contributed by atoms with E-state index in [0.717, 1.165) is 16.1 Å². The van der Waals surface area contributed by atoms with Crippen LogP contribution in [0.25, 0.3) is 0 Å². The van der Waals surface area contributed by atoms with E-state index >= 15 is 0 Å². The molecule has 24 heavy (non-hydrogen) atoms. The molecule has 1 amide bonds. The van der Waals surface area contributed by atoms with Crippen LogP contribution in [0.5, 0.6) is 0 Å². The van der Waals surface area contributed by atoms with Crippen molar-refractivity contribution in [1.29, 1.82) is 0 Å². The molecule has 0 aromatic heterocycles. The van der Waals surface area contributed by atoms with E-state index in [1.165, 1.54) is 7.05 Å². The second kappa shape index (κ2) is 7.59. The third kappa shape index (κ3) is 4.43. The summed E-state index contributed by atoms with van der Waals surface area (Å²) in [6, 6.07) is 17.3. The maximum atomic E-state index is 12.8. The average Bonchev–Trinajstić information content (AvgIpc) is 2.56. The third-order valence-electron chi connectivity index (χ3n) is 3.91. The van der Waals surface area contributed by atoms with E-state index in [-0.39, 0.29) is 11.9 Å². The fraction of sp³-hybridized carbons (Fsp3) is 0.278. The van der Waals surface area contributed by atoms with E-state index in [4.69, 9.17) is 0 Å². The first-order valence-corrected chi connectivity index (χ1v) is 9.49. The average molecular weight is 346 g/mol. The minimum atomic E-state index is -3.52. The van der Waals surface area contributed by atoms with Crippen LogP contribution in [0.15, 0.2) is 60.7 Å². The zero-order valence-corrected chi connectivity index (χ0v) is 14.8. The smallest absolute Gasteiger partial charge is 0.243 e. The molecule has 0 heterocycles. The summed E-state index contributed by atoms with van der Waals surface area (Å²) in [6.45, 7) is 1.87. The number of likely N-dealkylation sites (N-methyl/N-ethyl adjacent to an activating group) is 1. The normalized spacial score (nSPS) is 14.2. The Morgan fingerprint density at radius 2 is 1.42 bits per heavy atom. The van der Waals surface area contributed by atoms with Gasteiger partial charge in [-0.05, 0) is 18.1 Å². The summed E-state index contributed by atoms with van der Waals surface area (Å²) < 4.78 is 25.0. The molecule has 2 aromatic rings. The van der Waals surface area contributed by atoms with Gasteiger partial charge in [-0.3, -0.25) is 4.79 Å². The van der Waals surface area contributed by atoms with Crippen molar-refractivity contribution in [1.82, 2.24) is 9.62 Å². The maximum absolute atomic E-state index is 12.8. The molecule has 0 bridgehead atoms. The second-order valence-corrected chi connectivity index (χ2v) is 7.78. The number of hydrogen-bond donors (Lipinski definition) is 1. The molecule has 0 saturated heterocycles. The Kier molecular flexibility index (Phi) is 5.75. The number of rotatable bonds is 6. The van der Waals surface area contributed by atoms with Gasteiger partial charge in [0.1, 0.15) is 6.04 Å². The number of hydrogen-bond acceptors (Lipinski definition) is 3. The maximum Gasteiger partial charge on any atom is 0.243 e. The molecule has 2 aromatic carbocycles. The van der Waals surface area contributed by atoms with Crippen LogP contribution in [0.1, 0.15) is 30.1 Å². The van der Waals surface area contributed by atoms with Crippen molar-refractivity contribution in [3.8, 4) is 0 Å². The van der Waals surface area contributed by atoms with Gasteiger partial charge in [0.2, 0.25) is 15.9 Å². The minimum Gasteiger partial charge on any atom is -0.348 e. The molecule has 1 N–H and O–H groups in total. The number of sulfonamides is 1. The zero-order chi connectivity index (χ0) is 17.7. The SMILES string of the molecule is C[C@@H](NC(=O)[C@H](c1ccccc1)N(C)S(C)(=O)=O)c1ccccc1. The number of carbonyl (C=O) groups excluding carboxylic acids is 1. The Morgan fingerprint density at radius 3 is 1.88 bits per heavy atom. The van der Waals surface area contributed by atoms with Crippen LogP contribution < -0.4 is 5.32 Å². The fourth-order valence-corrected chi connectivity index (χ4v) is 3.07. The molecule has 0 spiro atoms. The van der Waals surface area contributed by atoms with Crippen molar-refractivity contribution in [3.05, 3.63) is 71.8 Å². The Morgan fingerprint density at radius 1 is 0.958 bits per heavy atom. The minimum absolute atomic E-state index is 0.224. The first kappa shape index (κ1) is 18.2. The summed E-state index contributed by atoms with van der Waals surface area (Å²) in [7, 11) is -2.11. The van der Waals surface area contributed by atoms with Crippen LogP contribution in [-0.4, -0.2) is 31.9 Å². The Hall–Kier alpha value is -2.18. The van der Waals surface area contributed by atoms with Crippen molar-refractivity contribution in [2.75, 3.05) is 13.3 Å². The molecule has 0 radical (unpaired) electrons. The predicted octanol–water partition coefficient (Wildman–Crippen LogP) is 2.50. The van der Waals surface area contributed by atoms with Gasteiger partial charge in [-0.2, -0.15) is 4.31 Å². The largest absolute Gasteiger partial charge is 0.348 e. The molecule has 0 aliphatic rings. The van der Waals surface area contributed by atoms with Gasteiger partial charge >= 0.3 is 0 Å². The van der Waals surface area contributed by atoms with Crippen LogP contribution in [0, 0.1) is 0 Å². The molecule has 0 unspecified atom stereocenters. The molecule has 2 atom stereocenters. The summed E-state index contributed by atoms with van der Waals surface area (Å²) >= 11 is 0. The van der Waals surface area contributed by atoms with Crippen molar-refractivity contribution < 1.29 is 13.2 Å². The Labute approximate surface area is 143 Å². The van der Waals surface area contributed by atoms with Crippen LogP contribution in [-0.2, 0) is 14.8 Å². The first-order chi connectivity index (χ1) is 11.3. The quantitative estimate of drug-likeness (QED) is 0.874. The fourth-order valence-electron chi connectivity index (χ4n) is 2.47. The van der Waals surface area contributed by atoms with Gasteiger partial charge in [-0.1, -0.05) is 60.7 Å². The molecular weight excluding hydrogens is 324 g/mol. The zero-order valence-electron chi connectivity index (χ0n) is 14.0. The lowest BCUT2D eigenvalue weighted by atomic mass is 10.0. The van der Waals surface area contributed by atoms with E-state index < -0.39 is 16.1 Å². The highest BCUT2D eigenvalue weighted by molar-refractivity contribution is 7.88. The van der Waals surface area contributed by atoms with Gasteiger partial charge in [0.05, 0.1) is 12.3 Å². The Balaban J connectivity index is 2.28. The first-order valence-electron chi connectivity index (χ1n) is 7.64. The van der Waals surface area contributed by atoms with Gasteiger partial charge in [0.15, 0.2) is 0 Å². The van der Waals surface area contributed by atoms with E-state index in [0.29, 0.717) is 5.56 Å². The molecule has 128 valence electrons. The standard InChI is InChI=1S/C18H22N2O3S/c1-14(15-10-6-4-7-11-15)19-18(21)17(20(2)24(3,22)23)16-12-8-5-9-13-16/h4-14,17H,1-3H3,(H,19,21)/t14-,17+/m1/s1. The van der Waals surface area contributed by atoms with Gasteiger partial charge in [-0.25, -0.2) is 8.42 Å². The second-order valence-electron chi connectivity index (χ2n) is 5.73. The Bertz CT molecular complexity index is 776. The van der Waals surface area contributed by atoms with Crippen molar-refractivity contribution in [2.45, 2.75) is 19.0 Å². The highest BCUT2D eigenvalue weighted by atomic mass is 32.2. The summed E-state index contributed by atoms with van der Waals surface area (Å²) in [4.78, 5) is 12.8. The predicted molar refractivity (Wildman–Crippen MR) is 94.8 cm³/mol. The highest BCUT2D eigenvalue weighted by Gasteiger charge is 2.31. The number of amides is 1. The van der Waals surface area contributed by atoms with Gasteiger partial charge in [0, 0.05) is 7.05 Å². The van der Waals surface area contributed by atoms with E-state index in [9.17, 15) is 13.2 Å². The molecule has 6 heteroatoms. The summed E-state index contributed by atoms with van der Waals surface area (Å²) in [5, 5.41) is 2.90. The molecule has 0 fully saturated rings. The van der Waals surface area contributed by atoms with Crippen LogP contribution in [0.2, 0.25) is 0 Å². The number of nitrogens with one attached hydrogen (secondary N) is 1. The summed E-state index contributed by atoms with van der Waals surface area (Å²) in [5.41, 5.74) is 1.59. The van der Waals surface area contributed by atoms with E-state index in [1.54, 1.807) is 24.3 Å². The van der Waals surface area contributed by atoms with Crippen molar-refractivity contribution >= 4 is 15.9 Å². The molecule has 0 saturated carbocycles. The number of carbonyl (C=O) groups is 1.